The van der Waals surface area contributed by atoms with Gasteiger partial charge in [-0.25, -0.2) is 4.98 Å². The van der Waals surface area contributed by atoms with E-state index in [-0.39, 0.29) is 65.0 Å². The molecule has 3 aromatic carbocycles. The summed E-state index contributed by atoms with van der Waals surface area (Å²) in [4.78, 5) is 12.7. The Hall–Kier alpha value is -4.44. The predicted molar refractivity (Wildman–Crippen MR) is 184 cm³/mol. The molecule has 0 bridgehead atoms. The third-order valence-corrected chi connectivity index (χ3v) is 7.26. The van der Waals surface area contributed by atoms with Crippen molar-refractivity contribution >= 4 is 22.1 Å². The number of benzene rings is 3. The van der Waals surface area contributed by atoms with Crippen LogP contribution in [-0.2, 0) is 31.9 Å². The van der Waals surface area contributed by atoms with Gasteiger partial charge < -0.3 is 14.4 Å². The number of furan rings is 1. The topological polar surface area (TPSA) is 51.8 Å². The summed E-state index contributed by atoms with van der Waals surface area (Å²) in [5.74, 6) is 0. The first-order valence-corrected chi connectivity index (χ1v) is 14.1. The molecule has 233 valence electrons. The van der Waals surface area contributed by atoms with Crippen LogP contribution in [0.3, 0.4) is 0 Å². The summed E-state index contributed by atoms with van der Waals surface area (Å²) in [6.45, 7) is -6.29. The van der Waals surface area contributed by atoms with E-state index in [1.54, 1.807) is 62.4 Å². The molecule has 0 saturated heterocycles. The number of aromatic nitrogens is 3. The SMILES string of the molecule is [2H]C([2H])([2H])c1ccc(-c2[c-]cccc2)nc1.[2H]C([2H])([2H])c1ccc(C(C)(C)C([2H])([2H])c2cc(-c3[c-]ccc4c3oc3nc(C([2H])([2H])[2H])ccc34)ncc2C([2H])([2H])[2H])cc1.[Ir]. The fraction of sp³-hybridized carbons (Fsp3) is 0.195. The fourth-order valence-corrected chi connectivity index (χ4v) is 4.91. The zero-order chi connectivity index (χ0) is 43.3. The van der Waals surface area contributed by atoms with Gasteiger partial charge >= 0.3 is 0 Å². The van der Waals surface area contributed by atoms with Gasteiger partial charge in [0, 0.05) is 62.8 Å². The van der Waals surface area contributed by atoms with Gasteiger partial charge in [-0.2, -0.15) is 0 Å². The van der Waals surface area contributed by atoms with Crippen LogP contribution < -0.4 is 0 Å². The number of fused-ring (bicyclic) bond motifs is 3. The largest absolute Gasteiger partial charge is 0.486 e. The molecule has 5 heteroatoms. The third kappa shape index (κ3) is 7.17. The van der Waals surface area contributed by atoms with E-state index in [0.717, 1.165) is 17.5 Å². The van der Waals surface area contributed by atoms with E-state index >= 15 is 0 Å². The van der Waals surface area contributed by atoms with E-state index in [1.807, 2.05) is 18.2 Å². The van der Waals surface area contributed by atoms with E-state index < -0.39 is 39.2 Å². The molecule has 0 aliphatic carbocycles. The Morgan fingerprint density at radius 1 is 0.783 bits per heavy atom. The van der Waals surface area contributed by atoms with Crippen LogP contribution >= 0.6 is 0 Å². The van der Waals surface area contributed by atoms with Crippen molar-refractivity contribution in [1.29, 1.82) is 0 Å². The molecule has 7 aromatic rings. The van der Waals surface area contributed by atoms with Crippen molar-refractivity contribution in [3.05, 3.63) is 149 Å². The molecular formula is C41H37IrN3O-2. The average Bonchev–Trinajstić information content (AvgIpc) is 3.55. The Morgan fingerprint density at radius 3 is 2.33 bits per heavy atom. The molecule has 4 aromatic heterocycles. The summed E-state index contributed by atoms with van der Waals surface area (Å²) in [5, 5.41) is 1.17. The number of nitrogens with zero attached hydrogens (tertiary/aromatic N) is 3. The Balaban J connectivity index is 0.000000336. The van der Waals surface area contributed by atoms with Crippen LogP contribution in [0, 0.1) is 39.5 Å². The molecule has 0 amide bonds. The average molecular weight is 794 g/mol. The second-order valence-corrected chi connectivity index (χ2v) is 10.9. The standard InChI is InChI=1S/C29H27N2O.C12H10N.Ir/c1-18-9-12-22(13-10-18)29(4,5)16-21-15-26(30-17-19(21)2)25-8-6-7-23-24-14-11-20(3)31-28(24)32-27(23)25;1-10-7-8-12(13-9-10)11-5-3-2-4-6-11;/h6-7,9-15,17H,16H2,1-5H3;2-5,7-9H,1H3;/q2*-1;/i1D3,2D3,3D3,16D2;1D3;. The zero-order valence-electron chi connectivity index (χ0n) is 38.9. The molecule has 0 aliphatic heterocycles. The number of pyridine rings is 3. The van der Waals surface area contributed by atoms with Gasteiger partial charge in [-0.05, 0) is 85.0 Å². The van der Waals surface area contributed by atoms with E-state index in [1.165, 1.54) is 30.5 Å². The molecule has 46 heavy (non-hydrogen) atoms. The predicted octanol–water partition coefficient (Wildman–Crippen LogP) is 10.1. The second kappa shape index (κ2) is 13.9. The molecule has 4 heterocycles. The minimum atomic E-state index is -2.69. The van der Waals surface area contributed by atoms with Crippen molar-refractivity contribution in [2.75, 3.05) is 0 Å². The molecule has 0 fully saturated rings. The molecule has 0 spiro atoms. The summed E-state index contributed by atoms with van der Waals surface area (Å²) >= 11 is 0. The van der Waals surface area contributed by atoms with Gasteiger partial charge in [-0.15, -0.1) is 54.1 Å². The first-order chi connectivity index (χ1) is 27.3. The Bertz CT molecular complexity index is 2600. The molecule has 0 saturated carbocycles. The van der Waals surface area contributed by atoms with Gasteiger partial charge in [-0.1, -0.05) is 72.8 Å². The van der Waals surface area contributed by atoms with Gasteiger partial charge in [0.1, 0.15) is 0 Å². The van der Waals surface area contributed by atoms with Crippen molar-refractivity contribution in [1.82, 2.24) is 15.0 Å². The number of aryl methyl sites for hydroxylation is 4. The number of rotatable bonds is 5. The van der Waals surface area contributed by atoms with Crippen LogP contribution in [-0.4, -0.2) is 15.0 Å². The van der Waals surface area contributed by atoms with E-state index in [0.29, 0.717) is 21.9 Å². The molecule has 0 N–H and O–H groups in total. The van der Waals surface area contributed by atoms with E-state index in [9.17, 15) is 2.74 Å². The maximum absolute atomic E-state index is 9.28. The summed E-state index contributed by atoms with van der Waals surface area (Å²) < 4.78 is 117. The van der Waals surface area contributed by atoms with Gasteiger partial charge in [0.25, 0.3) is 0 Å². The van der Waals surface area contributed by atoms with Crippen LogP contribution in [0.4, 0.5) is 0 Å². The van der Waals surface area contributed by atoms with Crippen LogP contribution in [0.1, 0.15) is 66.5 Å². The van der Waals surface area contributed by atoms with Gasteiger partial charge in [0.15, 0.2) is 0 Å². The Morgan fingerprint density at radius 2 is 1.61 bits per heavy atom. The Kier molecular flexibility index (Phi) is 5.83. The van der Waals surface area contributed by atoms with E-state index in [2.05, 4.69) is 27.1 Å². The molecule has 0 unspecified atom stereocenters. The minimum absolute atomic E-state index is 0. The van der Waals surface area contributed by atoms with Crippen molar-refractivity contribution in [2.45, 2.75) is 53.0 Å². The second-order valence-electron chi connectivity index (χ2n) is 10.9. The molecule has 7 rings (SSSR count). The normalized spacial score (nSPS) is 17.1. The van der Waals surface area contributed by atoms with Crippen LogP contribution in [0.25, 0.3) is 44.6 Å². The molecular weight excluding hydrogens is 743 g/mol. The monoisotopic (exact) mass is 794 g/mol. The van der Waals surface area contributed by atoms with Crippen LogP contribution in [0.2, 0.25) is 0 Å². The Labute approximate surface area is 305 Å². The molecule has 0 aliphatic rings. The molecule has 4 nitrogen and oxygen atoms in total. The summed E-state index contributed by atoms with van der Waals surface area (Å²) in [7, 11) is 0. The molecule has 0 atom stereocenters. The van der Waals surface area contributed by atoms with Crippen molar-refractivity contribution in [3.63, 3.8) is 0 Å². The van der Waals surface area contributed by atoms with Crippen molar-refractivity contribution in [2.24, 2.45) is 0 Å². The van der Waals surface area contributed by atoms with Crippen LogP contribution in [0.15, 0.2) is 108 Å². The maximum Gasteiger partial charge on any atom is 0.216 e. The first kappa shape index (κ1) is 19.3. The van der Waals surface area contributed by atoms with Gasteiger partial charge in [0.2, 0.25) is 5.71 Å². The summed E-state index contributed by atoms with van der Waals surface area (Å²) in [5.41, 5.74) is 1.49. The van der Waals surface area contributed by atoms with Gasteiger partial charge in [-0.3, -0.25) is 0 Å². The zero-order valence-corrected chi connectivity index (χ0v) is 27.3. The smallest absolute Gasteiger partial charge is 0.216 e. The maximum atomic E-state index is 9.28. The van der Waals surface area contributed by atoms with Crippen molar-refractivity contribution in [3.8, 4) is 22.5 Å². The summed E-state index contributed by atoms with van der Waals surface area (Å²) in [6, 6.07) is 30.5. The number of hydrogen-bond acceptors (Lipinski definition) is 4. The fourth-order valence-electron chi connectivity index (χ4n) is 4.91. The summed E-state index contributed by atoms with van der Waals surface area (Å²) in [6.07, 6.45) is 0.237. The van der Waals surface area contributed by atoms with Crippen molar-refractivity contribution < 1.29 is 43.7 Å². The first-order valence-electron chi connectivity index (χ1n) is 21.1. The quantitative estimate of drug-likeness (QED) is 0.163. The number of hydrogen-bond donors (Lipinski definition) is 0. The van der Waals surface area contributed by atoms with Crippen LogP contribution in [0.5, 0.6) is 0 Å². The third-order valence-electron chi connectivity index (χ3n) is 7.26. The molecule has 1 radical (unpaired) electrons. The van der Waals surface area contributed by atoms with Gasteiger partial charge in [0.05, 0.1) is 5.58 Å². The minimum Gasteiger partial charge on any atom is -0.486 e. The van der Waals surface area contributed by atoms with E-state index in [4.69, 9.17) is 20.9 Å².